The summed E-state index contributed by atoms with van der Waals surface area (Å²) in [6, 6.07) is 13.1. The number of carbonyl (C=O) groups is 1. The molecule has 2 aromatic heterocycles. The van der Waals surface area contributed by atoms with Crippen molar-refractivity contribution in [1.82, 2.24) is 20.3 Å². The van der Waals surface area contributed by atoms with E-state index in [-0.39, 0.29) is 6.03 Å². The monoisotopic (exact) mass is 405 g/mol. The lowest BCUT2D eigenvalue weighted by Crippen LogP contribution is -2.39. The Morgan fingerprint density at radius 3 is 2.83 bits per heavy atom. The van der Waals surface area contributed by atoms with Gasteiger partial charge in [0.25, 0.3) is 0 Å². The number of aryl methyl sites for hydroxylation is 1. The highest BCUT2D eigenvalue weighted by Crippen LogP contribution is 2.22. The van der Waals surface area contributed by atoms with E-state index in [4.69, 9.17) is 9.26 Å². The lowest BCUT2D eigenvalue weighted by molar-refractivity contribution is 0.207. The molecule has 8 heteroatoms. The van der Waals surface area contributed by atoms with Crippen molar-refractivity contribution in [2.75, 3.05) is 18.4 Å². The van der Waals surface area contributed by atoms with Gasteiger partial charge in [0.05, 0.1) is 0 Å². The van der Waals surface area contributed by atoms with Gasteiger partial charge in [0.2, 0.25) is 0 Å². The van der Waals surface area contributed by atoms with Gasteiger partial charge in [0.15, 0.2) is 5.82 Å². The maximum Gasteiger partial charge on any atom is 0.323 e. The molecule has 2 amide bonds. The van der Waals surface area contributed by atoms with Crippen molar-refractivity contribution in [3.8, 4) is 5.75 Å². The molecule has 3 heterocycles. The molecule has 8 nitrogen and oxygen atoms in total. The highest BCUT2D eigenvalue weighted by atomic mass is 16.5. The number of rotatable bonds is 5. The molecule has 0 unspecified atom stereocenters. The Kier molecular flexibility index (Phi) is 6.03. The van der Waals surface area contributed by atoms with E-state index < -0.39 is 0 Å². The van der Waals surface area contributed by atoms with Crippen LogP contribution in [0.5, 0.6) is 5.75 Å². The van der Waals surface area contributed by atoms with Crippen LogP contribution in [0.4, 0.5) is 10.6 Å². The van der Waals surface area contributed by atoms with E-state index in [2.05, 4.69) is 26.7 Å². The number of piperidine rings is 1. The minimum absolute atomic E-state index is 0.145. The Hall–Kier alpha value is -3.68. The largest absolute Gasteiger partial charge is 0.487 e. The molecule has 1 aliphatic heterocycles. The molecule has 1 fully saturated rings. The zero-order chi connectivity index (χ0) is 20.8. The van der Waals surface area contributed by atoms with Crippen molar-refractivity contribution >= 4 is 17.9 Å². The second-order valence-electron chi connectivity index (χ2n) is 7.12. The molecule has 0 atom stereocenters. The van der Waals surface area contributed by atoms with Crippen LogP contribution in [-0.2, 0) is 6.61 Å². The van der Waals surface area contributed by atoms with Gasteiger partial charge in [-0.05, 0) is 49.6 Å². The van der Waals surface area contributed by atoms with Crippen molar-refractivity contribution in [1.29, 1.82) is 0 Å². The maximum atomic E-state index is 12.4. The number of ether oxygens (including phenoxy) is 1. The summed E-state index contributed by atoms with van der Waals surface area (Å²) in [5.74, 6) is 2.01. The van der Waals surface area contributed by atoms with Crippen LogP contribution in [0.15, 0.2) is 58.8 Å². The standard InChI is InChI=1S/C22H23N5O3/c1-16-12-19(26-30-16)15-29-20-5-2-4-18(14-20)13-17-7-10-27(11-8-17)22(28)24-21-6-3-9-23-25-21/h2-6,9,12-14H,7-8,10-11,15H2,1H3,(H,24,25,28). The number of hydrogen-bond donors (Lipinski definition) is 1. The van der Waals surface area contributed by atoms with E-state index >= 15 is 0 Å². The average Bonchev–Trinajstić information content (AvgIpc) is 3.19. The summed E-state index contributed by atoms with van der Waals surface area (Å²) in [5.41, 5.74) is 3.16. The fourth-order valence-electron chi connectivity index (χ4n) is 3.27. The molecule has 0 radical (unpaired) electrons. The van der Waals surface area contributed by atoms with Gasteiger partial charge < -0.3 is 14.2 Å². The van der Waals surface area contributed by atoms with Crippen LogP contribution in [-0.4, -0.2) is 39.4 Å². The first kappa shape index (κ1) is 19.6. The Morgan fingerprint density at radius 1 is 1.23 bits per heavy atom. The van der Waals surface area contributed by atoms with E-state index in [9.17, 15) is 4.79 Å². The molecule has 30 heavy (non-hydrogen) atoms. The van der Waals surface area contributed by atoms with Gasteiger partial charge in [-0.15, -0.1) is 5.10 Å². The van der Waals surface area contributed by atoms with Crippen LogP contribution in [0, 0.1) is 6.92 Å². The van der Waals surface area contributed by atoms with Gasteiger partial charge in [-0.2, -0.15) is 5.10 Å². The van der Waals surface area contributed by atoms with Crippen molar-refractivity contribution in [3.63, 3.8) is 0 Å². The molecule has 1 N–H and O–H groups in total. The summed E-state index contributed by atoms with van der Waals surface area (Å²) in [5, 5.41) is 14.4. The molecule has 1 aliphatic rings. The summed E-state index contributed by atoms with van der Waals surface area (Å²) < 4.78 is 10.9. The topological polar surface area (TPSA) is 93.4 Å². The van der Waals surface area contributed by atoms with Crippen LogP contribution in [0.2, 0.25) is 0 Å². The lowest BCUT2D eigenvalue weighted by atomic mass is 10.0. The van der Waals surface area contributed by atoms with Crippen LogP contribution < -0.4 is 10.1 Å². The lowest BCUT2D eigenvalue weighted by Gasteiger charge is -2.28. The Morgan fingerprint density at radius 2 is 2.10 bits per heavy atom. The van der Waals surface area contributed by atoms with Crippen molar-refractivity contribution in [3.05, 3.63) is 71.3 Å². The number of nitrogens with zero attached hydrogens (tertiary/aromatic N) is 4. The molecule has 1 aromatic carbocycles. The number of likely N-dealkylation sites (tertiary alicyclic amines) is 1. The van der Waals surface area contributed by atoms with E-state index in [1.807, 2.05) is 37.3 Å². The number of nitrogens with one attached hydrogen (secondary N) is 1. The predicted molar refractivity (Wildman–Crippen MR) is 112 cm³/mol. The third-order valence-corrected chi connectivity index (χ3v) is 4.79. The third-order valence-electron chi connectivity index (χ3n) is 4.79. The molecule has 0 saturated carbocycles. The number of urea groups is 1. The quantitative estimate of drug-likeness (QED) is 0.688. The first-order valence-electron chi connectivity index (χ1n) is 9.84. The van der Waals surface area contributed by atoms with Gasteiger partial charge in [0.1, 0.15) is 23.8 Å². The van der Waals surface area contributed by atoms with Crippen molar-refractivity contribution in [2.45, 2.75) is 26.4 Å². The van der Waals surface area contributed by atoms with Crippen LogP contribution >= 0.6 is 0 Å². The number of benzene rings is 1. The van der Waals surface area contributed by atoms with E-state index in [0.717, 1.165) is 35.6 Å². The fourth-order valence-corrected chi connectivity index (χ4v) is 3.27. The molecule has 4 rings (SSSR count). The maximum absolute atomic E-state index is 12.4. The Balaban J connectivity index is 1.31. The minimum atomic E-state index is -0.145. The fraction of sp³-hybridized carbons (Fsp3) is 0.273. The number of amides is 2. The number of anilines is 1. The van der Waals surface area contributed by atoms with Gasteiger partial charge in [-0.3, -0.25) is 5.32 Å². The normalized spacial score (nSPS) is 13.8. The van der Waals surface area contributed by atoms with Gasteiger partial charge in [0, 0.05) is 25.4 Å². The minimum Gasteiger partial charge on any atom is -0.487 e. The van der Waals surface area contributed by atoms with Crippen molar-refractivity contribution in [2.24, 2.45) is 0 Å². The molecule has 1 saturated heterocycles. The molecular weight excluding hydrogens is 382 g/mol. The third kappa shape index (κ3) is 5.22. The summed E-state index contributed by atoms with van der Waals surface area (Å²) in [6.45, 7) is 3.56. The van der Waals surface area contributed by atoms with Gasteiger partial charge in [-0.1, -0.05) is 28.9 Å². The van der Waals surface area contributed by atoms with E-state index in [0.29, 0.717) is 25.5 Å². The first-order chi connectivity index (χ1) is 14.7. The van der Waals surface area contributed by atoms with Crippen LogP contribution in [0.3, 0.4) is 0 Å². The Bertz CT molecular complexity index is 1020. The summed E-state index contributed by atoms with van der Waals surface area (Å²) in [7, 11) is 0. The SMILES string of the molecule is Cc1cc(COc2cccc(C=C3CCN(C(=O)Nc4cccnn4)CC3)c2)no1. The van der Waals surface area contributed by atoms with Gasteiger partial charge >= 0.3 is 6.03 Å². The zero-order valence-corrected chi connectivity index (χ0v) is 16.7. The van der Waals surface area contributed by atoms with Crippen molar-refractivity contribution < 1.29 is 14.1 Å². The zero-order valence-electron chi connectivity index (χ0n) is 16.7. The first-order valence-corrected chi connectivity index (χ1v) is 9.84. The smallest absolute Gasteiger partial charge is 0.323 e. The second-order valence-corrected chi connectivity index (χ2v) is 7.12. The average molecular weight is 405 g/mol. The molecule has 3 aromatic rings. The summed E-state index contributed by atoms with van der Waals surface area (Å²) in [4.78, 5) is 14.2. The molecular formula is C22H23N5O3. The highest BCUT2D eigenvalue weighted by Gasteiger charge is 2.19. The van der Waals surface area contributed by atoms with Gasteiger partial charge in [-0.25, -0.2) is 4.79 Å². The number of carbonyl (C=O) groups excluding carboxylic acids is 1. The second kappa shape index (κ2) is 9.21. The summed E-state index contributed by atoms with van der Waals surface area (Å²) >= 11 is 0. The van der Waals surface area contributed by atoms with Crippen LogP contribution in [0.1, 0.15) is 29.9 Å². The molecule has 0 aliphatic carbocycles. The highest BCUT2D eigenvalue weighted by molar-refractivity contribution is 5.88. The summed E-state index contributed by atoms with van der Waals surface area (Å²) in [6.07, 6.45) is 5.41. The number of hydrogen-bond acceptors (Lipinski definition) is 6. The van der Waals surface area contributed by atoms with E-state index in [1.54, 1.807) is 23.2 Å². The number of aromatic nitrogens is 3. The molecule has 154 valence electrons. The molecule has 0 spiro atoms. The Labute approximate surface area is 174 Å². The van der Waals surface area contributed by atoms with Crippen LogP contribution in [0.25, 0.3) is 6.08 Å². The predicted octanol–water partition coefficient (Wildman–Crippen LogP) is 4.06. The van der Waals surface area contributed by atoms with E-state index in [1.165, 1.54) is 5.57 Å². The molecule has 0 bridgehead atoms.